The van der Waals surface area contributed by atoms with Crippen LogP contribution in [0.4, 0.5) is 0 Å². The molecule has 6 heteroatoms. The highest BCUT2D eigenvalue weighted by molar-refractivity contribution is 7.15. The second-order valence-electron chi connectivity index (χ2n) is 8.04. The summed E-state index contributed by atoms with van der Waals surface area (Å²) >= 11 is 1.83. The molecule has 0 atom stereocenters. The van der Waals surface area contributed by atoms with Crippen molar-refractivity contribution in [3.05, 3.63) is 58.3 Å². The second kappa shape index (κ2) is 8.78. The zero-order chi connectivity index (χ0) is 19.5. The third-order valence-electron chi connectivity index (χ3n) is 5.90. The first kappa shape index (κ1) is 19.0. The van der Waals surface area contributed by atoms with E-state index in [1.807, 2.05) is 17.4 Å². The van der Waals surface area contributed by atoms with Crippen molar-refractivity contribution >= 4 is 11.3 Å². The Bertz CT molecular complexity index is 905. The summed E-state index contributed by atoms with van der Waals surface area (Å²) in [5.41, 5.74) is 2.72. The Hall–Kier alpha value is -2.02. The molecule has 1 aliphatic heterocycles. The van der Waals surface area contributed by atoms with Gasteiger partial charge in [-0.25, -0.2) is 0 Å². The Balaban J connectivity index is 1.12. The average Bonchev–Trinajstić information content (AvgIpc) is 3.41. The van der Waals surface area contributed by atoms with Crippen LogP contribution in [-0.2, 0) is 30.7 Å². The van der Waals surface area contributed by atoms with E-state index in [1.165, 1.54) is 41.7 Å². The Morgan fingerprint density at radius 1 is 1.07 bits per heavy atom. The third kappa shape index (κ3) is 4.60. The molecule has 3 aromatic rings. The Morgan fingerprint density at radius 2 is 1.90 bits per heavy atom. The molecule has 0 amide bonds. The zero-order valence-corrected chi connectivity index (χ0v) is 17.5. The predicted molar refractivity (Wildman–Crippen MR) is 114 cm³/mol. The molecular weight excluding hydrogens is 382 g/mol. The number of benzene rings is 1. The van der Waals surface area contributed by atoms with E-state index in [9.17, 15) is 0 Å². The number of hydrogen-bond acceptors (Lipinski definition) is 6. The lowest BCUT2D eigenvalue weighted by molar-refractivity contribution is -0.00526. The van der Waals surface area contributed by atoms with E-state index < -0.39 is 0 Å². The van der Waals surface area contributed by atoms with Crippen molar-refractivity contribution in [2.24, 2.45) is 0 Å². The topological polar surface area (TPSA) is 51.4 Å². The lowest BCUT2D eigenvalue weighted by Crippen LogP contribution is -2.36. The van der Waals surface area contributed by atoms with Gasteiger partial charge in [0.15, 0.2) is 0 Å². The van der Waals surface area contributed by atoms with E-state index in [0.717, 1.165) is 43.2 Å². The van der Waals surface area contributed by atoms with E-state index in [-0.39, 0.29) is 0 Å². The first-order valence-electron chi connectivity index (χ1n) is 10.7. The number of likely N-dealkylation sites (tertiary alicyclic amines) is 1. The van der Waals surface area contributed by atoms with Crippen molar-refractivity contribution in [1.29, 1.82) is 0 Å². The smallest absolute Gasteiger partial charge is 0.257 e. The fourth-order valence-electron chi connectivity index (χ4n) is 4.23. The monoisotopic (exact) mass is 409 g/mol. The van der Waals surface area contributed by atoms with Crippen LogP contribution in [0.5, 0.6) is 0 Å². The van der Waals surface area contributed by atoms with E-state index >= 15 is 0 Å². The average molecular weight is 410 g/mol. The van der Waals surface area contributed by atoms with Gasteiger partial charge in [-0.2, -0.15) is 0 Å². The molecule has 0 radical (unpaired) electrons. The number of fused-ring (bicyclic) bond motifs is 1. The van der Waals surface area contributed by atoms with Crippen LogP contribution in [-0.4, -0.2) is 34.3 Å². The molecule has 0 bridgehead atoms. The summed E-state index contributed by atoms with van der Waals surface area (Å²) in [6.45, 7) is 3.43. The summed E-state index contributed by atoms with van der Waals surface area (Å²) in [5, 5.41) is 8.62. The fraction of sp³-hybridized carbons (Fsp3) is 0.478. The maximum Gasteiger partial charge on any atom is 0.257 e. The SMILES string of the molecule is c1ccc(COC2CCN(Cc3nnc(-c4cc5c(s4)CCCC5)o3)CC2)cc1. The van der Waals surface area contributed by atoms with Crippen LogP contribution < -0.4 is 0 Å². The zero-order valence-electron chi connectivity index (χ0n) is 16.7. The Kier molecular flexibility index (Phi) is 5.74. The highest BCUT2D eigenvalue weighted by atomic mass is 32.1. The van der Waals surface area contributed by atoms with Crippen molar-refractivity contribution in [3.63, 3.8) is 0 Å². The van der Waals surface area contributed by atoms with Crippen molar-refractivity contribution in [3.8, 4) is 10.8 Å². The number of aryl methyl sites for hydroxylation is 2. The van der Waals surface area contributed by atoms with E-state index in [2.05, 4.69) is 45.4 Å². The molecule has 0 saturated carbocycles. The molecule has 152 valence electrons. The third-order valence-corrected chi connectivity index (χ3v) is 7.12. The molecule has 1 fully saturated rings. The minimum Gasteiger partial charge on any atom is -0.419 e. The summed E-state index contributed by atoms with van der Waals surface area (Å²) in [4.78, 5) is 5.02. The number of rotatable bonds is 6. The summed E-state index contributed by atoms with van der Waals surface area (Å²) < 4.78 is 12.1. The molecule has 2 aromatic heterocycles. The van der Waals surface area contributed by atoms with Crippen molar-refractivity contribution < 1.29 is 9.15 Å². The van der Waals surface area contributed by atoms with Gasteiger partial charge in [-0.1, -0.05) is 30.3 Å². The number of hydrogen-bond donors (Lipinski definition) is 0. The molecule has 5 nitrogen and oxygen atoms in total. The lowest BCUT2D eigenvalue weighted by Gasteiger charge is -2.30. The van der Waals surface area contributed by atoms with Crippen LogP contribution in [0.25, 0.3) is 10.8 Å². The number of nitrogens with zero attached hydrogens (tertiary/aromatic N) is 3. The molecule has 3 heterocycles. The minimum absolute atomic E-state index is 0.335. The molecule has 1 aliphatic carbocycles. The maximum absolute atomic E-state index is 6.09. The number of piperidine rings is 1. The summed E-state index contributed by atoms with van der Waals surface area (Å²) in [7, 11) is 0. The van der Waals surface area contributed by atoms with Gasteiger partial charge < -0.3 is 9.15 Å². The maximum atomic E-state index is 6.09. The standard InChI is InChI=1S/C23H27N3O2S/c1-2-6-17(7-3-1)16-27-19-10-12-26(13-11-19)15-22-24-25-23(28-22)21-14-18-8-4-5-9-20(18)29-21/h1-3,6-7,14,19H,4-5,8-13,15-16H2. The molecule has 0 spiro atoms. The quantitative estimate of drug-likeness (QED) is 0.582. The van der Waals surface area contributed by atoms with Crippen LogP contribution in [0.2, 0.25) is 0 Å². The Labute approximate surface area is 175 Å². The van der Waals surface area contributed by atoms with Gasteiger partial charge in [0.05, 0.1) is 24.1 Å². The molecule has 2 aliphatic rings. The predicted octanol–water partition coefficient (Wildman–Crippen LogP) is 4.86. The number of ether oxygens (including phenoxy) is 1. The molecule has 0 N–H and O–H groups in total. The van der Waals surface area contributed by atoms with Crippen LogP contribution in [0.1, 0.15) is 47.6 Å². The van der Waals surface area contributed by atoms with Gasteiger partial charge in [-0.15, -0.1) is 21.5 Å². The number of thiophene rings is 1. The van der Waals surface area contributed by atoms with Gasteiger partial charge in [0.25, 0.3) is 5.89 Å². The molecular formula is C23H27N3O2S. The fourth-order valence-corrected chi connectivity index (χ4v) is 5.40. The van der Waals surface area contributed by atoms with E-state index in [1.54, 1.807) is 0 Å². The van der Waals surface area contributed by atoms with E-state index in [4.69, 9.17) is 9.15 Å². The van der Waals surface area contributed by atoms with Gasteiger partial charge in [0.1, 0.15) is 0 Å². The highest BCUT2D eigenvalue weighted by Gasteiger charge is 2.22. The first-order valence-corrected chi connectivity index (χ1v) is 11.5. The molecule has 1 aromatic carbocycles. The summed E-state index contributed by atoms with van der Waals surface area (Å²) in [6, 6.07) is 12.7. The van der Waals surface area contributed by atoms with Crippen LogP contribution in [0.15, 0.2) is 40.8 Å². The number of aromatic nitrogens is 2. The van der Waals surface area contributed by atoms with Gasteiger partial charge in [0.2, 0.25) is 5.89 Å². The largest absolute Gasteiger partial charge is 0.419 e. The van der Waals surface area contributed by atoms with Gasteiger partial charge >= 0.3 is 0 Å². The summed E-state index contributed by atoms with van der Waals surface area (Å²) in [5.74, 6) is 1.40. The molecule has 1 saturated heterocycles. The summed E-state index contributed by atoms with van der Waals surface area (Å²) in [6.07, 6.45) is 7.41. The van der Waals surface area contributed by atoms with Gasteiger partial charge in [-0.05, 0) is 55.7 Å². The highest BCUT2D eigenvalue weighted by Crippen LogP contribution is 2.35. The van der Waals surface area contributed by atoms with Crippen molar-refractivity contribution in [1.82, 2.24) is 15.1 Å². The Morgan fingerprint density at radius 3 is 2.72 bits per heavy atom. The molecule has 0 unspecified atom stereocenters. The minimum atomic E-state index is 0.335. The molecule has 5 rings (SSSR count). The van der Waals surface area contributed by atoms with Crippen molar-refractivity contribution in [2.75, 3.05) is 13.1 Å². The van der Waals surface area contributed by atoms with E-state index in [0.29, 0.717) is 18.6 Å². The normalized spacial score (nSPS) is 18.1. The van der Waals surface area contributed by atoms with Crippen LogP contribution in [0, 0.1) is 0 Å². The van der Waals surface area contributed by atoms with Gasteiger partial charge in [-0.3, -0.25) is 4.90 Å². The second-order valence-corrected chi connectivity index (χ2v) is 9.18. The molecule has 29 heavy (non-hydrogen) atoms. The van der Waals surface area contributed by atoms with Crippen molar-refractivity contribution in [2.45, 2.75) is 57.8 Å². The van der Waals surface area contributed by atoms with Crippen LogP contribution >= 0.6 is 11.3 Å². The van der Waals surface area contributed by atoms with Crippen LogP contribution in [0.3, 0.4) is 0 Å². The lowest BCUT2D eigenvalue weighted by atomic mass is 9.99. The first-order chi connectivity index (χ1) is 14.3. The van der Waals surface area contributed by atoms with Gasteiger partial charge in [0, 0.05) is 18.0 Å².